The first kappa shape index (κ1) is 29.9. The molecule has 0 aliphatic carbocycles. The van der Waals surface area contributed by atoms with Crippen LogP contribution in [0, 0.1) is 11.6 Å². The summed E-state index contributed by atoms with van der Waals surface area (Å²) in [7, 11) is 0. The summed E-state index contributed by atoms with van der Waals surface area (Å²) in [5.41, 5.74) is 0.368. The van der Waals surface area contributed by atoms with E-state index in [0.29, 0.717) is 18.2 Å². The van der Waals surface area contributed by atoms with E-state index >= 15 is 0 Å². The maximum absolute atomic E-state index is 14.4. The van der Waals surface area contributed by atoms with Crippen molar-refractivity contribution in [2.45, 2.75) is 37.2 Å². The molecule has 2 aromatic rings. The number of halogens is 10. The highest BCUT2D eigenvalue weighted by Gasteiger charge is 2.63. The number of rotatable bonds is 4. The Hall–Kier alpha value is -3.62. The molecule has 5 nitrogen and oxygen atoms in total. The monoisotopic (exact) mass is 571 g/mol. The van der Waals surface area contributed by atoms with Gasteiger partial charge in [0, 0.05) is 19.0 Å². The Balaban J connectivity index is 0.000000532. The lowest BCUT2D eigenvalue weighted by atomic mass is 9.93. The van der Waals surface area contributed by atoms with Gasteiger partial charge in [0.2, 0.25) is 0 Å². The number of benzene rings is 2. The van der Waals surface area contributed by atoms with Crippen LogP contribution < -0.4 is 10.3 Å². The van der Waals surface area contributed by atoms with Crippen LogP contribution in [0.1, 0.15) is 30.0 Å². The molecule has 0 fully saturated rings. The Bertz CT molecular complexity index is 1270. The van der Waals surface area contributed by atoms with Gasteiger partial charge in [-0.2, -0.15) is 40.2 Å². The number of hydrazone groups is 1. The van der Waals surface area contributed by atoms with Crippen LogP contribution in [0.5, 0.6) is 0 Å². The SMILES string of the molecule is Fc1ccc(N2N=C(C(F)(F)C(F)(F)F)CC2c2cccc(C3=CCNCC3)c2)c(F)c1.O=C(O)C(F)(F)F. The first-order valence-corrected chi connectivity index (χ1v) is 11.1. The fourth-order valence-electron chi connectivity index (χ4n) is 3.84. The number of hydrogen-bond acceptors (Lipinski definition) is 4. The van der Waals surface area contributed by atoms with E-state index in [-0.39, 0.29) is 0 Å². The number of nitrogens with one attached hydrogen (secondary N) is 1. The molecule has 2 N–H and O–H groups in total. The Morgan fingerprint density at radius 3 is 2.21 bits per heavy atom. The molecule has 4 rings (SSSR count). The number of carbonyl (C=O) groups is 1. The third kappa shape index (κ3) is 6.88. The van der Waals surface area contributed by atoms with Crippen molar-refractivity contribution in [2.75, 3.05) is 18.1 Å². The van der Waals surface area contributed by atoms with Crippen LogP contribution in [0.25, 0.3) is 5.57 Å². The number of nitrogens with zero attached hydrogens (tertiary/aromatic N) is 2. The largest absolute Gasteiger partial charge is 0.490 e. The average molecular weight is 571 g/mol. The molecule has 0 saturated carbocycles. The molecule has 212 valence electrons. The van der Waals surface area contributed by atoms with Gasteiger partial charge in [-0.3, -0.25) is 5.01 Å². The summed E-state index contributed by atoms with van der Waals surface area (Å²) in [5, 5.41) is 14.5. The second kappa shape index (κ2) is 11.2. The highest BCUT2D eigenvalue weighted by molar-refractivity contribution is 5.95. The molecule has 0 saturated heterocycles. The van der Waals surface area contributed by atoms with Crippen LogP contribution >= 0.6 is 0 Å². The fraction of sp³-hybridized carbons (Fsp3) is 0.333. The zero-order chi connectivity index (χ0) is 29.2. The van der Waals surface area contributed by atoms with Gasteiger partial charge in [-0.1, -0.05) is 24.3 Å². The summed E-state index contributed by atoms with van der Waals surface area (Å²) >= 11 is 0. The van der Waals surface area contributed by atoms with Crippen molar-refractivity contribution in [3.8, 4) is 0 Å². The summed E-state index contributed by atoms with van der Waals surface area (Å²) in [5.74, 6) is -9.97. The van der Waals surface area contributed by atoms with E-state index in [1.54, 1.807) is 18.2 Å². The molecule has 2 aliphatic heterocycles. The Labute approximate surface area is 214 Å². The van der Waals surface area contributed by atoms with Crippen molar-refractivity contribution < 1.29 is 53.8 Å². The van der Waals surface area contributed by atoms with Crippen molar-refractivity contribution in [3.05, 3.63) is 71.3 Å². The second-order valence-corrected chi connectivity index (χ2v) is 8.39. The zero-order valence-electron chi connectivity index (χ0n) is 19.6. The van der Waals surface area contributed by atoms with Gasteiger partial charge in [0.1, 0.15) is 11.5 Å². The van der Waals surface area contributed by atoms with E-state index in [1.807, 2.05) is 12.1 Å². The third-order valence-electron chi connectivity index (χ3n) is 5.73. The quantitative estimate of drug-likeness (QED) is 0.413. The van der Waals surface area contributed by atoms with Gasteiger partial charge in [-0.25, -0.2) is 13.6 Å². The summed E-state index contributed by atoms with van der Waals surface area (Å²) < 4.78 is 127. The van der Waals surface area contributed by atoms with Crippen molar-refractivity contribution in [1.82, 2.24) is 5.32 Å². The van der Waals surface area contributed by atoms with E-state index in [0.717, 1.165) is 41.2 Å². The fourth-order valence-corrected chi connectivity index (χ4v) is 3.84. The maximum Gasteiger partial charge on any atom is 0.490 e. The van der Waals surface area contributed by atoms with Crippen LogP contribution in [-0.4, -0.2) is 48.2 Å². The van der Waals surface area contributed by atoms with Crippen LogP contribution in [0.2, 0.25) is 0 Å². The van der Waals surface area contributed by atoms with Gasteiger partial charge < -0.3 is 10.4 Å². The Morgan fingerprint density at radius 2 is 1.67 bits per heavy atom. The molecule has 15 heteroatoms. The summed E-state index contributed by atoms with van der Waals surface area (Å²) in [6, 6.07) is 7.97. The van der Waals surface area contributed by atoms with Crippen molar-refractivity contribution in [1.29, 1.82) is 0 Å². The first-order chi connectivity index (χ1) is 18.0. The van der Waals surface area contributed by atoms with E-state index in [1.165, 1.54) is 0 Å². The average Bonchev–Trinajstić information content (AvgIpc) is 3.30. The van der Waals surface area contributed by atoms with Crippen molar-refractivity contribution in [3.63, 3.8) is 0 Å². The van der Waals surface area contributed by atoms with E-state index in [4.69, 9.17) is 9.90 Å². The number of aliphatic carboxylic acids is 1. The molecule has 1 unspecified atom stereocenters. The summed E-state index contributed by atoms with van der Waals surface area (Å²) in [6.45, 7) is 1.40. The van der Waals surface area contributed by atoms with Gasteiger partial charge >= 0.3 is 24.2 Å². The van der Waals surface area contributed by atoms with Gasteiger partial charge in [-0.15, -0.1) is 0 Å². The van der Waals surface area contributed by atoms with Crippen molar-refractivity contribution in [2.24, 2.45) is 5.10 Å². The normalized spacial score (nSPS) is 18.2. The molecule has 0 radical (unpaired) electrons. The molecular weight excluding hydrogens is 552 g/mol. The molecule has 2 aromatic carbocycles. The smallest absolute Gasteiger partial charge is 0.475 e. The van der Waals surface area contributed by atoms with Crippen LogP contribution in [0.3, 0.4) is 0 Å². The number of carboxylic acids is 1. The van der Waals surface area contributed by atoms with Gasteiger partial charge in [0.05, 0.1) is 11.7 Å². The molecule has 2 aliphatic rings. The highest BCUT2D eigenvalue weighted by atomic mass is 19.4. The number of alkyl halides is 8. The predicted molar refractivity (Wildman–Crippen MR) is 120 cm³/mol. The minimum Gasteiger partial charge on any atom is -0.475 e. The van der Waals surface area contributed by atoms with Crippen LogP contribution in [0.4, 0.5) is 49.6 Å². The topological polar surface area (TPSA) is 64.9 Å². The van der Waals surface area contributed by atoms with E-state index in [2.05, 4.69) is 10.4 Å². The third-order valence-corrected chi connectivity index (χ3v) is 5.73. The number of anilines is 1. The molecular formula is C24H19F10N3O2. The Morgan fingerprint density at radius 1 is 1.00 bits per heavy atom. The van der Waals surface area contributed by atoms with Gasteiger partial charge in [0.15, 0.2) is 5.82 Å². The van der Waals surface area contributed by atoms with E-state index < -0.39 is 59.7 Å². The maximum atomic E-state index is 14.4. The second-order valence-electron chi connectivity index (χ2n) is 8.39. The minimum absolute atomic E-state index is 0.391. The lowest BCUT2D eigenvalue weighted by Crippen LogP contribution is -2.43. The van der Waals surface area contributed by atoms with Crippen LogP contribution in [0.15, 0.2) is 53.6 Å². The number of carboxylic acid groups (broad SMARTS) is 1. The standard InChI is InChI=1S/C22H18F7N3.C2HF3O2/c23-16-4-5-18(17(24)11-16)32-19(12-20(31-32)21(25,26)22(27,28)29)15-3-1-2-14(10-15)13-6-8-30-9-7-13;3-2(4,5)1(6)7/h1-6,10-11,19,30H,7-9,12H2;(H,6,7). The summed E-state index contributed by atoms with van der Waals surface area (Å²) in [6.07, 6.45) is -9.02. The molecule has 0 aromatic heterocycles. The lowest BCUT2D eigenvalue weighted by molar-refractivity contribution is -0.249. The number of hydrogen-bond donors (Lipinski definition) is 2. The van der Waals surface area contributed by atoms with Crippen LogP contribution in [-0.2, 0) is 4.79 Å². The Kier molecular flexibility index (Phi) is 8.63. The highest BCUT2D eigenvalue weighted by Crippen LogP contribution is 2.45. The minimum atomic E-state index is -5.85. The lowest BCUT2D eigenvalue weighted by Gasteiger charge is -2.25. The zero-order valence-corrected chi connectivity index (χ0v) is 19.6. The van der Waals surface area contributed by atoms with Crippen molar-refractivity contribution >= 4 is 22.9 Å². The molecule has 1 atom stereocenters. The van der Waals surface area contributed by atoms with E-state index in [9.17, 15) is 43.9 Å². The summed E-state index contributed by atoms with van der Waals surface area (Å²) in [4.78, 5) is 8.90. The first-order valence-electron chi connectivity index (χ1n) is 11.1. The molecule has 0 spiro atoms. The molecule has 39 heavy (non-hydrogen) atoms. The molecule has 2 heterocycles. The van der Waals surface area contributed by atoms with Gasteiger partial charge in [-0.05, 0) is 47.9 Å². The molecule has 0 bridgehead atoms. The van der Waals surface area contributed by atoms with Gasteiger partial charge in [0.25, 0.3) is 0 Å². The molecule has 0 amide bonds. The predicted octanol–water partition coefficient (Wildman–Crippen LogP) is 6.48.